The minimum absolute atomic E-state index is 0.0743. The molecule has 3 heteroatoms. The van der Waals surface area contributed by atoms with E-state index >= 15 is 0 Å². The summed E-state index contributed by atoms with van der Waals surface area (Å²) >= 11 is 0. The van der Waals surface area contributed by atoms with Crippen molar-refractivity contribution in [1.29, 1.82) is 0 Å². The van der Waals surface area contributed by atoms with E-state index in [-0.39, 0.29) is 17.2 Å². The van der Waals surface area contributed by atoms with Gasteiger partial charge in [-0.25, -0.2) is 0 Å². The highest BCUT2D eigenvalue weighted by atomic mass is 16.1. The van der Waals surface area contributed by atoms with Crippen molar-refractivity contribution in [2.24, 2.45) is 17.1 Å². The van der Waals surface area contributed by atoms with Crippen molar-refractivity contribution in [2.45, 2.75) is 40.0 Å². The Labute approximate surface area is 122 Å². The fraction of sp³-hybridized carbons (Fsp3) is 0.588. The molecule has 1 rings (SSSR count). The van der Waals surface area contributed by atoms with E-state index in [1.807, 2.05) is 18.2 Å². The van der Waals surface area contributed by atoms with Crippen molar-refractivity contribution in [3.05, 3.63) is 35.9 Å². The van der Waals surface area contributed by atoms with Gasteiger partial charge >= 0.3 is 0 Å². The van der Waals surface area contributed by atoms with Crippen LogP contribution in [0.5, 0.6) is 0 Å². The van der Waals surface area contributed by atoms with Gasteiger partial charge in [0.15, 0.2) is 0 Å². The maximum absolute atomic E-state index is 12.2. The fourth-order valence-electron chi connectivity index (χ4n) is 2.32. The maximum atomic E-state index is 12.2. The van der Waals surface area contributed by atoms with Gasteiger partial charge in [-0.3, -0.25) is 4.79 Å². The van der Waals surface area contributed by atoms with Crippen LogP contribution in [0.1, 0.15) is 45.6 Å². The zero-order chi connectivity index (χ0) is 15.2. The van der Waals surface area contributed by atoms with Gasteiger partial charge in [-0.15, -0.1) is 0 Å². The molecule has 0 fully saturated rings. The monoisotopic (exact) mass is 276 g/mol. The van der Waals surface area contributed by atoms with Crippen LogP contribution in [-0.4, -0.2) is 19.0 Å². The molecule has 1 amide bonds. The fourth-order valence-corrected chi connectivity index (χ4v) is 2.32. The number of benzene rings is 1. The van der Waals surface area contributed by atoms with Crippen molar-refractivity contribution in [1.82, 2.24) is 5.32 Å². The van der Waals surface area contributed by atoms with Crippen molar-refractivity contribution in [3.8, 4) is 0 Å². The minimum Gasteiger partial charge on any atom is -0.355 e. The smallest absolute Gasteiger partial charge is 0.224 e. The molecular formula is C17H28N2O. The van der Waals surface area contributed by atoms with E-state index in [0.717, 1.165) is 6.42 Å². The number of nitrogens with one attached hydrogen (secondary N) is 1. The van der Waals surface area contributed by atoms with Gasteiger partial charge in [-0.05, 0) is 23.3 Å². The van der Waals surface area contributed by atoms with Gasteiger partial charge in [0.05, 0.1) is 5.92 Å². The van der Waals surface area contributed by atoms with E-state index in [0.29, 0.717) is 19.0 Å². The number of hydrogen-bond donors (Lipinski definition) is 2. The Morgan fingerprint density at radius 1 is 1.25 bits per heavy atom. The molecule has 0 aliphatic heterocycles. The lowest BCUT2D eigenvalue weighted by Gasteiger charge is -2.25. The zero-order valence-corrected chi connectivity index (χ0v) is 13.1. The summed E-state index contributed by atoms with van der Waals surface area (Å²) in [6.45, 7) is 9.59. The van der Waals surface area contributed by atoms with Gasteiger partial charge in [-0.2, -0.15) is 0 Å². The molecule has 0 aromatic heterocycles. The molecule has 0 spiro atoms. The number of rotatable bonds is 6. The van der Waals surface area contributed by atoms with Gasteiger partial charge < -0.3 is 11.1 Å². The molecule has 0 aliphatic rings. The number of hydrogen-bond acceptors (Lipinski definition) is 2. The molecule has 0 aliphatic carbocycles. The van der Waals surface area contributed by atoms with Crippen LogP contribution in [0.2, 0.25) is 0 Å². The van der Waals surface area contributed by atoms with Crippen LogP contribution in [0.4, 0.5) is 0 Å². The van der Waals surface area contributed by atoms with E-state index in [4.69, 9.17) is 5.73 Å². The number of nitrogens with two attached hydrogens (primary N) is 1. The Morgan fingerprint density at radius 2 is 1.85 bits per heavy atom. The average molecular weight is 276 g/mol. The molecule has 0 bridgehead atoms. The third-order valence-corrected chi connectivity index (χ3v) is 3.47. The van der Waals surface area contributed by atoms with E-state index in [9.17, 15) is 4.79 Å². The first kappa shape index (κ1) is 16.7. The highest BCUT2D eigenvalue weighted by Gasteiger charge is 2.23. The van der Waals surface area contributed by atoms with Gasteiger partial charge in [-0.1, -0.05) is 58.0 Å². The largest absolute Gasteiger partial charge is 0.355 e. The van der Waals surface area contributed by atoms with Crippen LogP contribution in [0.25, 0.3) is 0 Å². The number of carbonyl (C=O) groups is 1. The van der Waals surface area contributed by atoms with E-state index < -0.39 is 0 Å². The van der Waals surface area contributed by atoms with E-state index in [1.165, 1.54) is 5.56 Å². The van der Waals surface area contributed by atoms with E-state index in [2.05, 4.69) is 45.1 Å². The maximum Gasteiger partial charge on any atom is 0.224 e. The molecule has 1 aromatic rings. The first-order valence-corrected chi connectivity index (χ1v) is 7.36. The van der Waals surface area contributed by atoms with Crippen molar-refractivity contribution in [3.63, 3.8) is 0 Å². The van der Waals surface area contributed by atoms with Crippen LogP contribution in [0.15, 0.2) is 30.3 Å². The molecule has 0 radical (unpaired) electrons. The Morgan fingerprint density at radius 3 is 2.35 bits per heavy atom. The number of carbonyl (C=O) groups excluding carboxylic acids is 1. The van der Waals surface area contributed by atoms with E-state index in [1.54, 1.807) is 0 Å². The summed E-state index contributed by atoms with van der Waals surface area (Å²) in [5.74, 6) is 0.288. The zero-order valence-electron chi connectivity index (χ0n) is 13.1. The van der Waals surface area contributed by atoms with Crippen molar-refractivity contribution in [2.75, 3.05) is 13.1 Å². The van der Waals surface area contributed by atoms with Gasteiger partial charge in [0, 0.05) is 13.1 Å². The Balaban J connectivity index is 2.49. The topological polar surface area (TPSA) is 55.1 Å². The Kier molecular flexibility index (Phi) is 6.21. The van der Waals surface area contributed by atoms with Crippen LogP contribution in [0.3, 0.4) is 0 Å². The summed E-state index contributed by atoms with van der Waals surface area (Å²) in [5, 5.41) is 3.04. The summed E-state index contributed by atoms with van der Waals surface area (Å²) in [6.07, 6.45) is 0.815. The predicted octanol–water partition coefficient (Wildman–Crippen LogP) is 2.92. The van der Waals surface area contributed by atoms with Gasteiger partial charge in [0.1, 0.15) is 0 Å². The van der Waals surface area contributed by atoms with Crippen molar-refractivity contribution >= 4 is 5.91 Å². The summed E-state index contributed by atoms with van der Waals surface area (Å²) in [5.41, 5.74) is 7.10. The second kappa shape index (κ2) is 7.44. The van der Waals surface area contributed by atoms with Crippen LogP contribution in [-0.2, 0) is 4.79 Å². The van der Waals surface area contributed by atoms with Gasteiger partial charge in [0.25, 0.3) is 0 Å². The third-order valence-electron chi connectivity index (χ3n) is 3.47. The molecule has 2 atom stereocenters. The minimum atomic E-state index is -0.0991. The van der Waals surface area contributed by atoms with Crippen LogP contribution < -0.4 is 11.1 Å². The first-order valence-electron chi connectivity index (χ1n) is 7.36. The molecule has 0 heterocycles. The molecule has 112 valence electrons. The molecule has 0 saturated carbocycles. The second-order valence-electron chi connectivity index (χ2n) is 6.75. The molecule has 3 nitrogen and oxygen atoms in total. The Hall–Kier alpha value is -1.35. The quantitative estimate of drug-likeness (QED) is 0.839. The van der Waals surface area contributed by atoms with Gasteiger partial charge in [0.2, 0.25) is 5.91 Å². The highest BCUT2D eigenvalue weighted by molar-refractivity contribution is 5.79. The second-order valence-corrected chi connectivity index (χ2v) is 6.75. The predicted molar refractivity (Wildman–Crippen MR) is 84.5 cm³/mol. The SMILES string of the molecule is CC(CNC(=O)C(CN)CC(C)(C)C)c1ccccc1. The summed E-state index contributed by atoms with van der Waals surface area (Å²) in [6, 6.07) is 10.2. The summed E-state index contributed by atoms with van der Waals surface area (Å²) in [7, 11) is 0. The lowest BCUT2D eigenvalue weighted by Crippen LogP contribution is -2.38. The lowest BCUT2D eigenvalue weighted by molar-refractivity contribution is -0.125. The normalized spacial score (nSPS) is 14.7. The Bertz CT molecular complexity index is 409. The average Bonchev–Trinajstić information content (AvgIpc) is 2.41. The lowest BCUT2D eigenvalue weighted by atomic mass is 9.84. The first-order chi connectivity index (χ1) is 9.33. The number of amides is 1. The van der Waals surface area contributed by atoms with Crippen molar-refractivity contribution < 1.29 is 4.79 Å². The molecule has 3 N–H and O–H groups in total. The molecular weight excluding hydrogens is 248 g/mol. The van der Waals surface area contributed by atoms with Crippen LogP contribution in [0, 0.1) is 11.3 Å². The molecule has 0 saturated heterocycles. The molecule has 2 unspecified atom stereocenters. The standard InChI is InChI=1S/C17H28N2O/c1-13(14-8-6-5-7-9-14)12-19-16(20)15(11-18)10-17(2,3)4/h5-9,13,15H,10-12,18H2,1-4H3,(H,19,20). The third kappa shape index (κ3) is 5.74. The highest BCUT2D eigenvalue weighted by Crippen LogP contribution is 2.24. The summed E-state index contributed by atoms with van der Waals surface area (Å²) < 4.78 is 0. The summed E-state index contributed by atoms with van der Waals surface area (Å²) in [4.78, 5) is 12.2. The van der Waals surface area contributed by atoms with Crippen LogP contribution >= 0.6 is 0 Å². The molecule has 20 heavy (non-hydrogen) atoms. The molecule has 1 aromatic carbocycles.